The van der Waals surface area contributed by atoms with Gasteiger partial charge in [-0.15, -0.1) is 0 Å². The van der Waals surface area contributed by atoms with Gasteiger partial charge in [0.25, 0.3) is 0 Å². The van der Waals surface area contributed by atoms with Gasteiger partial charge >= 0.3 is 5.97 Å². The second-order valence-corrected chi connectivity index (χ2v) is 7.16. The van der Waals surface area contributed by atoms with E-state index in [0.717, 1.165) is 0 Å². The fourth-order valence-corrected chi connectivity index (χ4v) is 2.58. The van der Waals surface area contributed by atoms with Gasteiger partial charge in [-0.2, -0.15) is 24.4 Å². The normalized spacial score (nSPS) is 13.7. The molecule has 3 unspecified atom stereocenters. The molecular formula is C15H27N5O6S2. The highest BCUT2D eigenvalue weighted by Gasteiger charge is 2.25. The Bertz CT molecular complexity index is 577. The van der Waals surface area contributed by atoms with Crippen molar-refractivity contribution in [2.75, 3.05) is 24.3 Å². The van der Waals surface area contributed by atoms with Crippen LogP contribution in [0, 0.1) is 0 Å². The van der Waals surface area contributed by atoms with Crippen LogP contribution in [0.25, 0.3) is 0 Å². The summed E-state index contributed by atoms with van der Waals surface area (Å²) in [6, 6.07) is -3.16. The van der Waals surface area contributed by atoms with Gasteiger partial charge in [0.1, 0.15) is 12.1 Å². The van der Waals surface area contributed by atoms with Crippen LogP contribution in [0.1, 0.15) is 19.3 Å². The Kier molecular flexibility index (Phi) is 13.1. The molecule has 0 heterocycles. The molecule has 0 bridgehead atoms. The van der Waals surface area contributed by atoms with Gasteiger partial charge in [0.05, 0.1) is 12.6 Å². The first-order valence-corrected chi connectivity index (χ1v) is 10.4. The molecule has 3 atom stereocenters. The molecule has 4 amide bonds. The van der Waals surface area contributed by atoms with Crippen molar-refractivity contribution in [2.24, 2.45) is 11.5 Å². The van der Waals surface area contributed by atoms with Crippen LogP contribution in [0.4, 0.5) is 0 Å². The number of carbonyl (C=O) groups excluding carboxylic acids is 4. The lowest BCUT2D eigenvalue weighted by Gasteiger charge is -2.20. The maximum atomic E-state index is 12.3. The first-order chi connectivity index (χ1) is 13.1. The number of carboxylic acids is 1. The number of hydrogen-bond acceptors (Lipinski definition) is 8. The third kappa shape index (κ3) is 11.0. The third-order valence-corrected chi connectivity index (χ3v) is 4.55. The van der Waals surface area contributed by atoms with E-state index in [0.29, 0.717) is 5.75 Å². The smallest absolute Gasteiger partial charge is 0.326 e. The van der Waals surface area contributed by atoms with Crippen LogP contribution in [0.5, 0.6) is 0 Å². The van der Waals surface area contributed by atoms with Gasteiger partial charge in [-0.1, -0.05) is 0 Å². The number of aliphatic carboxylic acids is 1. The average molecular weight is 438 g/mol. The number of hydrogen-bond donors (Lipinski definition) is 7. The van der Waals surface area contributed by atoms with Gasteiger partial charge in [0.2, 0.25) is 23.6 Å². The molecule has 8 N–H and O–H groups in total. The lowest BCUT2D eigenvalue weighted by Crippen LogP contribution is -2.54. The van der Waals surface area contributed by atoms with Crippen molar-refractivity contribution in [2.45, 2.75) is 37.4 Å². The van der Waals surface area contributed by atoms with Crippen LogP contribution < -0.4 is 27.4 Å². The van der Waals surface area contributed by atoms with Crippen molar-refractivity contribution < 1.29 is 29.1 Å². The molecule has 0 aliphatic carbocycles. The number of carboxylic acid groups (broad SMARTS) is 1. The first kappa shape index (κ1) is 26.0. The number of rotatable bonds is 14. The zero-order valence-corrected chi connectivity index (χ0v) is 17.2. The van der Waals surface area contributed by atoms with Crippen LogP contribution in [0.15, 0.2) is 0 Å². The van der Waals surface area contributed by atoms with Crippen molar-refractivity contribution in [1.82, 2.24) is 16.0 Å². The summed E-state index contributed by atoms with van der Waals surface area (Å²) in [5.74, 6) is -3.34. The van der Waals surface area contributed by atoms with Crippen LogP contribution in [0.3, 0.4) is 0 Å². The zero-order chi connectivity index (χ0) is 21.7. The highest BCUT2D eigenvalue weighted by Crippen LogP contribution is 2.01. The Morgan fingerprint density at radius 1 is 1.07 bits per heavy atom. The Morgan fingerprint density at radius 2 is 1.71 bits per heavy atom. The molecule has 0 saturated carbocycles. The highest BCUT2D eigenvalue weighted by molar-refractivity contribution is 7.98. The maximum Gasteiger partial charge on any atom is 0.326 e. The van der Waals surface area contributed by atoms with Crippen molar-refractivity contribution in [3.8, 4) is 0 Å². The van der Waals surface area contributed by atoms with E-state index < -0.39 is 54.3 Å². The molecule has 28 heavy (non-hydrogen) atoms. The Hall–Kier alpha value is -1.99. The standard InChI is InChI=1S/C15H27N5O6S2/c1-28-5-4-10(15(25)26)19-12(22)6-18-14(24)9(2-3-11(17)21)20-13(23)8(16)7-27/h8-10,27H,2-7,16H2,1H3,(H2,17,21)(H,18,24)(H,19,22)(H,20,23)(H,25,26). The fraction of sp³-hybridized carbons (Fsp3) is 0.667. The second kappa shape index (κ2) is 14.1. The molecular weight excluding hydrogens is 410 g/mol. The molecule has 13 heteroatoms. The van der Waals surface area contributed by atoms with Crippen LogP contribution in [-0.4, -0.2) is 77.1 Å². The summed E-state index contributed by atoms with van der Waals surface area (Å²) in [5.41, 5.74) is 10.6. The molecule has 0 aliphatic heterocycles. The van der Waals surface area contributed by atoms with E-state index in [2.05, 4.69) is 28.6 Å². The van der Waals surface area contributed by atoms with Crippen LogP contribution >= 0.6 is 24.4 Å². The van der Waals surface area contributed by atoms with Gasteiger partial charge in [0.15, 0.2) is 0 Å². The molecule has 160 valence electrons. The first-order valence-electron chi connectivity index (χ1n) is 8.36. The maximum absolute atomic E-state index is 12.3. The fourth-order valence-electron chi connectivity index (χ4n) is 1.95. The zero-order valence-electron chi connectivity index (χ0n) is 15.5. The molecule has 0 rings (SSSR count). The minimum absolute atomic E-state index is 0.0466. The van der Waals surface area contributed by atoms with E-state index in [1.54, 1.807) is 6.26 Å². The number of thioether (sulfide) groups is 1. The number of nitrogens with one attached hydrogen (secondary N) is 3. The SMILES string of the molecule is CSCCC(NC(=O)CNC(=O)C(CCC(N)=O)NC(=O)C(N)CS)C(=O)O. The predicted octanol–water partition coefficient (Wildman–Crippen LogP) is -2.57. The summed E-state index contributed by atoms with van der Waals surface area (Å²) in [7, 11) is 0. The van der Waals surface area contributed by atoms with Crippen molar-refractivity contribution in [3.63, 3.8) is 0 Å². The number of thiol groups is 1. The van der Waals surface area contributed by atoms with Crippen LogP contribution in [-0.2, 0) is 24.0 Å². The lowest BCUT2D eigenvalue weighted by molar-refractivity contribution is -0.141. The molecule has 0 spiro atoms. The largest absolute Gasteiger partial charge is 0.480 e. The van der Waals surface area contributed by atoms with Gasteiger partial charge in [-0.05, 0) is 24.9 Å². The summed E-state index contributed by atoms with van der Waals surface area (Å²) < 4.78 is 0. The second-order valence-electron chi connectivity index (χ2n) is 5.81. The van der Waals surface area contributed by atoms with Crippen molar-refractivity contribution in [3.05, 3.63) is 0 Å². The minimum atomic E-state index is -1.18. The van der Waals surface area contributed by atoms with E-state index >= 15 is 0 Å². The number of primary amides is 1. The Morgan fingerprint density at radius 3 is 2.21 bits per heavy atom. The molecule has 0 saturated heterocycles. The third-order valence-electron chi connectivity index (χ3n) is 3.51. The molecule has 0 radical (unpaired) electrons. The Labute approximate surface area is 172 Å². The van der Waals surface area contributed by atoms with E-state index in [1.165, 1.54) is 11.8 Å². The number of amides is 4. The quantitative estimate of drug-likeness (QED) is 0.144. The molecule has 0 fully saturated rings. The van der Waals surface area contributed by atoms with Crippen molar-refractivity contribution in [1.29, 1.82) is 0 Å². The molecule has 11 nitrogen and oxygen atoms in total. The summed E-state index contributed by atoms with van der Waals surface area (Å²) in [6.07, 6.45) is 1.78. The Balaban J connectivity index is 4.77. The highest BCUT2D eigenvalue weighted by atomic mass is 32.2. The lowest BCUT2D eigenvalue weighted by atomic mass is 10.1. The van der Waals surface area contributed by atoms with E-state index in [4.69, 9.17) is 16.6 Å². The van der Waals surface area contributed by atoms with E-state index in [9.17, 15) is 24.0 Å². The minimum Gasteiger partial charge on any atom is -0.480 e. The average Bonchev–Trinajstić information content (AvgIpc) is 2.64. The summed E-state index contributed by atoms with van der Waals surface area (Å²) in [5, 5.41) is 16.1. The number of nitrogens with two attached hydrogens (primary N) is 2. The summed E-state index contributed by atoms with van der Waals surface area (Å²) >= 11 is 5.33. The molecule has 0 aliphatic rings. The van der Waals surface area contributed by atoms with Gasteiger partial charge < -0.3 is 32.5 Å². The van der Waals surface area contributed by atoms with Gasteiger partial charge in [-0.3, -0.25) is 19.2 Å². The van der Waals surface area contributed by atoms with Crippen molar-refractivity contribution >= 4 is 54.0 Å². The molecule has 0 aromatic heterocycles. The predicted molar refractivity (Wildman–Crippen MR) is 108 cm³/mol. The van der Waals surface area contributed by atoms with Crippen LogP contribution in [0.2, 0.25) is 0 Å². The molecule has 0 aromatic rings. The van der Waals surface area contributed by atoms with E-state index in [1.807, 2.05) is 0 Å². The van der Waals surface area contributed by atoms with Gasteiger partial charge in [0, 0.05) is 12.2 Å². The molecule has 0 aromatic carbocycles. The van der Waals surface area contributed by atoms with E-state index in [-0.39, 0.29) is 25.0 Å². The topological polar surface area (TPSA) is 194 Å². The summed E-state index contributed by atoms with van der Waals surface area (Å²) in [4.78, 5) is 58.1. The van der Waals surface area contributed by atoms with Gasteiger partial charge in [-0.25, -0.2) is 4.79 Å². The summed E-state index contributed by atoms with van der Waals surface area (Å²) in [6.45, 7) is -0.497. The monoisotopic (exact) mass is 437 g/mol. The number of carbonyl (C=O) groups is 5.